The molecule has 0 spiro atoms. The Hall–Kier alpha value is -2.57. The van der Waals surface area contributed by atoms with Crippen molar-refractivity contribution in [3.05, 3.63) is 64.7 Å². The van der Waals surface area contributed by atoms with Crippen LogP contribution in [-0.2, 0) is 16.1 Å². The lowest BCUT2D eigenvalue weighted by molar-refractivity contribution is -0.154. The number of carbonyl (C=O) groups is 2. The number of nitrogens with one attached hydrogen (secondary N) is 1. The average molecular weight is 541 g/mol. The molecule has 4 atom stereocenters. The first-order valence-corrected chi connectivity index (χ1v) is 14.3. The van der Waals surface area contributed by atoms with Crippen LogP contribution in [0.1, 0.15) is 77.0 Å². The molecule has 1 saturated carbocycles. The monoisotopic (exact) mass is 540 g/mol. The molecule has 2 N–H and O–H groups in total. The van der Waals surface area contributed by atoms with Crippen molar-refractivity contribution in [2.75, 3.05) is 6.61 Å². The summed E-state index contributed by atoms with van der Waals surface area (Å²) in [6.07, 6.45) is 4.79. The van der Waals surface area contributed by atoms with Crippen LogP contribution in [0.25, 0.3) is 0 Å². The van der Waals surface area contributed by atoms with E-state index in [1.54, 1.807) is 11.0 Å². The van der Waals surface area contributed by atoms with E-state index in [1.165, 1.54) is 0 Å². The van der Waals surface area contributed by atoms with Crippen molar-refractivity contribution < 1.29 is 19.4 Å². The summed E-state index contributed by atoms with van der Waals surface area (Å²) >= 11 is 6.34. The van der Waals surface area contributed by atoms with Crippen LogP contribution in [0.5, 0.6) is 5.75 Å². The number of likely N-dealkylation sites (tertiary alicyclic amines) is 1. The SMILES string of the molecule is CCOc1ccc(Cl)cc1CN[C@@H]1[C@@H](C(C)(C)C)[C@H](C(=O)O)N(C(=O)C2CCCCC2)[C@@H]1c1ccccc1. The van der Waals surface area contributed by atoms with E-state index in [9.17, 15) is 14.7 Å². The summed E-state index contributed by atoms with van der Waals surface area (Å²) < 4.78 is 5.85. The second-order valence-electron chi connectivity index (χ2n) is 11.7. The van der Waals surface area contributed by atoms with Gasteiger partial charge in [0, 0.05) is 35.0 Å². The zero-order valence-electron chi connectivity index (χ0n) is 23.0. The van der Waals surface area contributed by atoms with E-state index in [2.05, 4.69) is 26.1 Å². The van der Waals surface area contributed by atoms with Crippen molar-refractivity contribution >= 4 is 23.5 Å². The van der Waals surface area contributed by atoms with Crippen LogP contribution in [0.4, 0.5) is 0 Å². The molecule has 0 radical (unpaired) electrons. The van der Waals surface area contributed by atoms with Gasteiger partial charge in [-0.3, -0.25) is 4.79 Å². The number of carboxylic acids is 1. The first-order chi connectivity index (χ1) is 18.1. The molecule has 1 aliphatic carbocycles. The summed E-state index contributed by atoms with van der Waals surface area (Å²) in [5.74, 6) is -0.684. The quantitative estimate of drug-likeness (QED) is 0.401. The van der Waals surface area contributed by atoms with Crippen LogP contribution in [0, 0.1) is 17.3 Å². The molecule has 1 saturated heterocycles. The first kappa shape index (κ1) is 28.4. The van der Waals surface area contributed by atoms with Gasteiger partial charge in [-0.25, -0.2) is 4.79 Å². The number of nitrogens with zero attached hydrogens (tertiary/aromatic N) is 1. The largest absolute Gasteiger partial charge is 0.494 e. The van der Waals surface area contributed by atoms with E-state index in [0.717, 1.165) is 49.0 Å². The Labute approximate surface area is 231 Å². The number of hydrogen-bond donors (Lipinski definition) is 2. The zero-order chi connectivity index (χ0) is 27.4. The van der Waals surface area contributed by atoms with Crippen LogP contribution in [0.2, 0.25) is 5.02 Å². The van der Waals surface area contributed by atoms with Gasteiger partial charge in [0.1, 0.15) is 11.8 Å². The Balaban J connectivity index is 1.79. The number of ether oxygens (including phenoxy) is 1. The zero-order valence-corrected chi connectivity index (χ0v) is 23.7. The lowest BCUT2D eigenvalue weighted by Crippen LogP contribution is -2.49. The molecule has 1 heterocycles. The molecule has 206 valence electrons. The van der Waals surface area contributed by atoms with E-state index in [-0.39, 0.29) is 29.2 Å². The fraction of sp³-hybridized carbons (Fsp3) is 0.548. The average Bonchev–Trinajstić information content (AvgIpc) is 3.25. The van der Waals surface area contributed by atoms with Crippen molar-refractivity contribution in [1.29, 1.82) is 0 Å². The minimum atomic E-state index is -0.947. The number of carboxylic acid groups (broad SMARTS) is 1. The molecule has 38 heavy (non-hydrogen) atoms. The molecule has 0 aromatic heterocycles. The Morgan fingerprint density at radius 2 is 1.76 bits per heavy atom. The molecular weight excluding hydrogens is 500 g/mol. The maximum atomic E-state index is 14.2. The number of carbonyl (C=O) groups excluding carboxylic acids is 1. The lowest BCUT2D eigenvalue weighted by Gasteiger charge is -2.36. The van der Waals surface area contributed by atoms with E-state index in [0.29, 0.717) is 18.2 Å². The molecule has 2 aromatic carbocycles. The van der Waals surface area contributed by atoms with Crippen molar-refractivity contribution in [1.82, 2.24) is 10.2 Å². The third-order valence-electron chi connectivity index (χ3n) is 8.12. The number of aliphatic carboxylic acids is 1. The Bertz CT molecular complexity index is 1110. The molecule has 1 amide bonds. The lowest BCUT2D eigenvalue weighted by atomic mass is 9.72. The molecular formula is C31H41ClN2O4. The van der Waals surface area contributed by atoms with Gasteiger partial charge in [0.15, 0.2) is 0 Å². The van der Waals surface area contributed by atoms with Crippen molar-refractivity contribution in [3.63, 3.8) is 0 Å². The third-order valence-corrected chi connectivity index (χ3v) is 8.36. The van der Waals surface area contributed by atoms with Gasteiger partial charge < -0.3 is 20.1 Å². The maximum absolute atomic E-state index is 14.2. The van der Waals surface area contributed by atoms with Crippen LogP contribution in [-0.4, -0.2) is 40.6 Å². The van der Waals surface area contributed by atoms with Crippen molar-refractivity contribution in [3.8, 4) is 5.75 Å². The second kappa shape index (κ2) is 12.1. The summed E-state index contributed by atoms with van der Waals surface area (Å²) in [5.41, 5.74) is 1.47. The van der Waals surface area contributed by atoms with Gasteiger partial charge in [-0.2, -0.15) is 0 Å². The van der Waals surface area contributed by atoms with Crippen LogP contribution in [0.3, 0.4) is 0 Å². The van der Waals surface area contributed by atoms with Crippen molar-refractivity contribution in [2.24, 2.45) is 17.3 Å². The summed E-state index contributed by atoms with van der Waals surface area (Å²) in [7, 11) is 0. The summed E-state index contributed by atoms with van der Waals surface area (Å²) in [6, 6.07) is 13.8. The van der Waals surface area contributed by atoms with Gasteiger partial charge in [0.05, 0.1) is 12.6 Å². The number of amides is 1. The molecule has 2 aromatic rings. The predicted octanol–water partition coefficient (Wildman–Crippen LogP) is 6.48. The number of hydrogen-bond acceptors (Lipinski definition) is 4. The summed E-state index contributed by atoms with van der Waals surface area (Å²) in [4.78, 5) is 28.9. The molecule has 2 aliphatic rings. The standard InChI is InChI=1S/C31H41ClN2O4/c1-5-38-24-17-16-23(32)18-22(24)19-33-26-25(31(2,3)4)28(30(36)37)34(27(26)20-12-8-6-9-13-20)29(35)21-14-10-7-11-15-21/h6,8-9,12-13,16-18,21,25-28,33H,5,7,10-11,14-15,19H2,1-4H3,(H,36,37)/t25-,26-,27-,28-/m1/s1. The predicted molar refractivity (Wildman–Crippen MR) is 150 cm³/mol. The highest BCUT2D eigenvalue weighted by Gasteiger charge is 2.58. The van der Waals surface area contributed by atoms with Gasteiger partial charge in [-0.05, 0) is 48.9 Å². The molecule has 0 bridgehead atoms. The highest BCUT2D eigenvalue weighted by Crippen LogP contribution is 2.49. The molecule has 7 heteroatoms. The van der Waals surface area contributed by atoms with E-state index in [4.69, 9.17) is 16.3 Å². The highest BCUT2D eigenvalue weighted by atomic mass is 35.5. The van der Waals surface area contributed by atoms with Gasteiger partial charge in [-0.15, -0.1) is 0 Å². The Morgan fingerprint density at radius 3 is 2.37 bits per heavy atom. The van der Waals surface area contributed by atoms with Crippen LogP contribution in [0.15, 0.2) is 48.5 Å². The van der Waals surface area contributed by atoms with Crippen molar-refractivity contribution in [2.45, 2.75) is 84.5 Å². The second-order valence-corrected chi connectivity index (χ2v) is 12.1. The minimum absolute atomic E-state index is 0.0257. The number of rotatable bonds is 8. The fourth-order valence-electron chi connectivity index (χ4n) is 6.50. The summed E-state index contributed by atoms with van der Waals surface area (Å²) in [5, 5.41) is 14.9. The smallest absolute Gasteiger partial charge is 0.326 e. The van der Waals surface area contributed by atoms with Crippen LogP contribution < -0.4 is 10.1 Å². The fourth-order valence-corrected chi connectivity index (χ4v) is 6.69. The van der Waals surface area contributed by atoms with Gasteiger partial charge >= 0.3 is 5.97 Å². The van der Waals surface area contributed by atoms with Gasteiger partial charge in [0.2, 0.25) is 5.91 Å². The molecule has 1 aliphatic heterocycles. The molecule has 2 fully saturated rings. The Kier molecular flexibility index (Phi) is 9.04. The van der Waals surface area contributed by atoms with Crippen LogP contribution >= 0.6 is 11.6 Å². The van der Waals surface area contributed by atoms with Gasteiger partial charge in [-0.1, -0.05) is 82.0 Å². The topological polar surface area (TPSA) is 78.9 Å². The normalized spacial score (nSPS) is 24.4. The molecule has 0 unspecified atom stereocenters. The van der Waals surface area contributed by atoms with Gasteiger partial charge in [0.25, 0.3) is 0 Å². The molecule has 6 nitrogen and oxygen atoms in total. The number of benzene rings is 2. The molecule has 4 rings (SSSR count). The third kappa shape index (κ3) is 6.02. The first-order valence-electron chi connectivity index (χ1n) is 13.9. The summed E-state index contributed by atoms with van der Waals surface area (Å²) in [6.45, 7) is 9.13. The van der Waals surface area contributed by atoms with E-state index < -0.39 is 18.1 Å². The Morgan fingerprint density at radius 1 is 1.08 bits per heavy atom. The maximum Gasteiger partial charge on any atom is 0.326 e. The van der Waals surface area contributed by atoms with E-state index >= 15 is 0 Å². The highest BCUT2D eigenvalue weighted by molar-refractivity contribution is 6.30. The number of halogens is 1. The van der Waals surface area contributed by atoms with E-state index in [1.807, 2.05) is 49.4 Å². The minimum Gasteiger partial charge on any atom is -0.494 e.